The minimum atomic E-state index is -1.38. The fraction of sp³-hybridized carbons (Fsp3) is 0.429. The molecule has 3 unspecified atom stereocenters. The van der Waals surface area contributed by atoms with Crippen LogP contribution in [0.4, 0.5) is 0 Å². The van der Waals surface area contributed by atoms with Gasteiger partial charge in [0.2, 0.25) is 0 Å². The van der Waals surface area contributed by atoms with E-state index in [4.69, 9.17) is 15.7 Å². The van der Waals surface area contributed by atoms with Crippen molar-refractivity contribution in [3.05, 3.63) is 30.3 Å². The molecule has 0 aliphatic rings. The average Bonchev–Trinajstić information content (AvgIpc) is 2.50. The minimum Gasteiger partial charge on any atom is -0.485 e. The molecule has 0 aliphatic heterocycles. The lowest BCUT2D eigenvalue weighted by atomic mass is 9.92. The van der Waals surface area contributed by atoms with E-state index in [2.05, 4.69) is 37.9 Å². The largest absolute Gasteiger partial charge is 0.485 e. The first-order valence-electron chi connectivity index (χ1n) is 6.18. The lowest BCUT2D eigenvalue weighted by molar-refractivity contribution is 0.0785. The number of para-hydroxylation sites is 1. The van der Waals surface area contributed by atoms with E-state index in [9.17, 15) is 10.4 Å². The van der Waals surface area contributed by atoms with Gasteiger partial charge in [0, 0.05) is 6.42 Å². The van der Waals surface area contributed by atoms with Gasteiger partial charge in [-0.15, -0.1) is 0 Å². The second kappa shape index (κ2) is 7.77. The van der Waals surface area contributed by atoms with Gasteiger partial charge in [0.1, 0.15) is 14.5 Å². The number of aliphatic hydroxyl groups is 1. The molecule has 3 N–H and O–H groups in total. The Kier molecular flexibility index (Phi) is 6.63. The highest BCUT2D eigenvalue weighted by Crippen LogP contribution is 2.41. The number of hydrogen-bond donors (Lipinski definition) is 2. The summed E-state index contributed by atoms with van der Waals surface area (Å²) in [4.78, 5) is 0. The van der Waals surface area contributed by atoms with Crippen molar-refractivity contribution in [3.8, 4) is 17.9 Å². The van der Waals surface area contributed by atoms with E-state index < -0.39 is 21.5 Å². The molecule has 1 aromatic rings. The van der Waals surface area contributed by atoms with Gasteiger partial charge in [0.15, 0.2) is 6.10 Å². The number of aliphatic hydroxyl groups excluding tert-OH is 1. The van der Waals surface area contributed by atoms with Crippen molar-refractivity contribution in [1.29, 1.82) is 10.5 Å². The SMILES string of the molecule is N#CCCC(Br)(C#N)C(N)(Br)C(CO)Oc1ccccc1. The lowest BCUT2D eigenvalue weighted by Crippen LogP contribution is -2.62. The van der Waals surface area contributed by atoms with Crippen LogP contribution in [0.15, 0.2) is 30.3 Å². The first-order chi connectivity index (χ1) is 9.91. The van der Waals surface area contributed by atoms with Gasteiger partial charge >= 0.3 is 0 Å². The summed E-state index contributed by atoms with van der Waals surface area (Å²) in [5.41, 5.74) is 6.20. The van der Waals surface area contributed by atoms with Crippen molar-refractivity contribution >= 4 is 31.9 Å². The number of alkyl halides is 2. The van der Waals surface area contributed by atoms with E-state index in [1.165, 1.54) is 0 Å². The fourth-order valence-corrected chi connectivity index (χ4v) is 2.71. The van der Waals surface area contributed by atoms with Gasteiger partial charge in [-0.25, -0.2) is 0 Å². The van der Waals surface area contributed by atoms with Crippen molar-refractivity contribution in [1.82, 2.24) is 0 Å². The molecule has 21 heavy (non-hydrogen) atoms. The molecule has 0 fully saturated rings. The van der Waals surface area contributed by atoms with E-state index >= 15 is 0 Å². The maximum Gasteiger partial charge on any atom is 0.152 e. The zero-order valence-electron chi connectivity index (χ0n) is 11.2. The lowest BCUT2D eigenvalue weighted by Gasteiger charge is -2.40. The molecule has 5 nitrogen and oxygen atoms in total. The van der Waals surface area contributed by atoms with Crippen LogP contribution in [-0.2, 0) is 0 Å². The molecule has 7 heteroatoms. The van der Waals surface area contributed by atoms with Crippen LogP contribution in [0.3, 0.4) is 0 Å². The van der Waals surface area contributed by atoms with Crippen molar-refractivity contribution < 1.29 is 9.84 Å². The van der Waals surface area contributed by atoms with Gasteiger partial charge in [0.25, 0.3) is 0 Å². The Bertz CT molecular complexity index is 539. The summed E-state index contributed by atoms with van der Waals surface area (Å²) in [6.45, 7) is -0.391. The topological polar surface area (TPSA) is 103 Å². The molecule has 3 atom stereocenters. The molecule has 0 aromatic heterocycles. The van der Waals surface area contributed by atoms with E-state index in [1.54, 1.807) is 24.3 Å². The Labute approximate surface area is 140 Å². The maximum absolute atomic E-state index is 9.58. The zero-order valence-corrected chi connectivity index (χ0v) is 14.3. The molecule has 0 saturated carbocycles. The molecular weight excluding hydrogens is 402 g/mol. The molecule has 1 aromatic carbocycles. The average molecular weight is 417 g/mol. The Morgan fingerprint density at radius 2 is 1.90 bits per heavy atom. The monoisotopic (exact) mass is 415 g/mol. The van der Waals surface area contributed by atoms with Gasteiger partial charge in [-0.1, -0.05) is 50.1 Å². The highest BCUT2D eigenvalue weighted by Gasteiger charge is 2.52. The first-order valence-corrected chi connectivity index (χ1v) is 7.77. The Hall–Kier alpha value is -1.12. The van der Waals surface area contributed by atoms with Crippen molar-refractivity contribution in [3.63, 3.8) is 0 Å². The van der Waals surface area contributed by atoms with Crippen LogP contribution in [0.5, 0.6) is 5.75 Å². The summed E-state index contributed by atoms with van der Waals surface area (Å²) >= 11 is 6.58. The molecule has 0 radical (unpaired) electrons. The number of nitrogens with two attached hydrogens (primary N) is 1. The van der Waals surface area contributed by atoms with E-state index in [0.717, 1.165) is 0 Å². The summed E-state index contributed by atoms with van der Waals surface area (Å²) < 4.78 is 3.04. The summed E-state index contributed by atoms with van der Waals surface area (Å²) in [6.07, 6.45) is -0.541. The highest BCUT2D eigenvalue weighted by atomic mass is 79.9. The second-order valence-electron chi connectivity index (χ2n) is 4.44. The molecule has 0 saturated heterocycles. The van der Waals surface area contributed by atoms with Crippen LogP contribution >= 0.6 is 31.9 Å². The van der Waals surface area contributed by atoms with Crippen molar-refractivity contribution in [2.45, 2.75) is 27.7 Å². The maximum atomic E-state index is 9.58. The molecule has 0 bridgehead atoms. The number of nitriles is 2. The Morgan fingerprint density at radius 1 is 1.29 bits per heavy atom. The van der Waals surface area contributed by atoms with Crippen molar-refractivity contribution in [2.75, 3.05) is 6.61 Å². The van der Waals surface area contributed by atoms with Crippen LogP contribution < -0.4 is 10.5 Å². The summed E-state index contributed by atoms with van der Waals surface area (Å²) in [5, 5.41) is 27.7. The van der Waals surface area contributed by atoms with E-state index in [1.807, 2.05) is 12.1 Å². The van der Waals surface area contributed by atoms with Crippen molar-refractivity contribution in [2.24, 2.45) is 5.73 Å². The molecule has 112 valence electrons. The van der Waals surface area contributed by atoms with Crippen LogP contribution in [-0.4, -0.2) is 26.6 Å². The van der Waals surface area contributed by atoms with Crippen LogP contribution in [0, 0.1) is 22.7 Å². The quantitative estimate of drug-likeness (QED) is 0.524. The fourth-order valence-electron chi connectivity index (χ4n) is 1.74. The molecule has 0 aliphatic carbocycles. The van der Waals surface area contributed by atoms with E-state index in [0.29, 0.717) is 5.75 Å². The van der Waals surface area contributed by atoms with Gasteiger partial charge in [0.05, 0.1) is 18.7 Å². The van der Waals surface area contributed by atoms with Crippen LogP contribution in [0.2, 0.25) is 0 Å². The molecule has 0 amide bonds. The highest BCUT2D eigenvalue weighted by molar-refractivity contribution is 9.13. The Balaban J connectivity index is 3.01. The molecular formula is C14H15Br2N3O2. The number of benzene rings is 1. The van der Waals surface area contributed by atoms with Crippen LogP contribution in [0.25, 0.3) is 0 Å². The number of ether oxygens (including phenoxy) is 1. The van der Waals surface area contributed by atoms with Crippen LogP contribution in [0.1, 0.15) is 12.8 Å². The summed E-state index contributed by atoms with van der Waals surface area (Å²) in [7, 11) is 0. The predicted molar refractivity (Wildman–Crippen MR) is 85.9 cm³/mol. The first kappa shape index (κ1) is 17.9. The summed E-state index contributed by atoms with van der Waals surface area (Å²) in [6, 6.07) is 12.9. The van der Waals surface area contributed by atoms with Gasteiger partial charge in [-0.2, -0.15) is 10.5 Å². The number of halogens is 2. The molecule has 0 heterocycles. The number of rotatable bonds is 7. The van der Waals surface area contributed by atoms with Gasteiger partial charge in [-0.05, 0) is 18.6 Å². The normalized spacial score (nSPS) is 17.6. The smallest absolute Gasteiger partial charge is 0.152 e. The van der Waals surface area contributed by atoms with Gasteiger partial charge in [-0.3, -0.25) is 0 Å². The zero-order chi connectivity index (χ0) is 15.9. The number of nitrogens with zero attached hydrogens (tertiary/aromatic N) is 2. The Morgan fingerprint density at radius 3 is 2.38 bits per heavy atom. The summed E-state index contributed by atoms with van der Waals surface area (Å²) in [5.74, 6) is 0.527. The van der Waals surface area contributed by atoms with Gasteiger partial charge < -0.3 is 15.6 Å². The predicted octanol–water partition coefficient (Wildman–Crippen LogP) is 2.44. The molecule has 0 spiro atoms. The third-order valence-corrected chi connectivity index (χ3v) is 5.97. The molecule has 1 rings (SSSR count). The minimum absolute atomic E-state index is 0.146. The standard InChI is InChI=1S/C14H15Br2N3O2/c15-13(10-18,7-4-8-17)14(16,19)12(9-20)21-11-5-2-1-3-6-11/h1-3,5-6,12,20H,4,7,9,19H2. The third kappa shape index (κ3) is 4.18. The second-order valence-corrected chi connectivity index (χ2v) is 7.11. The number of hydrogen-bond acceptors (Lipinski definition) is 5. The third-order valence-electron chi connectivity index (χ3n) is 3.02. The van der Waals surface area contributed by atoms with E-state index in [-0.39, 0.29) is 12.8 Å².